The molecular weight excluding hydrogens is 521 g/mol. The molecule has 39 heavy (non-hydrogen) atoms. The fourth-order valence-electron chi connectivity index (χ4n) is 5.73. The number of hydrogen-bond acceptors (Lipinski definition) is 7. The number of piperidine rings is 1. The first-order valence-corrected chi connectivity index (χ1v) is 13.9. The lowest BCUT2D eigenvalue weighted by Crippen LogP contribution is -2.46. The van der Waals surface area contributed by atoms with E-state index in [-0.39, 0.29) is 28.6 Å². The van der Waals surface area contributed by atoms with Gasteiger partial charge in [-0.3, -0.25) is 4.79 Å². The Morgan fingerprint density at radius 3 is 2.51 bits per heavy atom. The van der Waals surface area contributed by atoms with E-state index in [9.17, 15) is 9.18 Å². The lowest BCUT2D eigenvalue weighted by molar-refractivity contribution is -0.134. The van der Waals surface area contributed by atoms with Gasteiger partial charge in [0.25, 0.3) is 0 Å². The largest absolute Gasteiger partial charge is 0.493 e. The Bertz CT molecular complexity index is 1320. The van der Waals surface area contributed by atoms with E-state index in [4.69, 9.17) is 21.1 Å². The van der Waals surface area contributed by atoms with Crippen molar-refractivity contribution in [2.75, 3.05) is 39.6 Å². The molecule has 1 aliphatic carbocycles. The average Bonchev–Trinajstić information content (AvgIpc) is 2.95. The first-order chi connectivity index (χ1) is 18.8. The minimum Gasteiger partial charge on any atom is -0.493 e. The number of carbonyl (C=O) groups excluding carboxylic acids is 1. The molecule has 2 fully saturated rings. The summed E-state index contributed by atoms with van der Waals surface area (Å²) in [7, 11) is 5.28. The Balaban J connectivity index is 1.26. The monoisotopic (exact) mass is 555 g/mol. The van der Waals surface area contributed by atoms with Crippen LogP contribution in [0, 0.1) is 11.7 Å². The molecule has 10 heteroatoms. The maximum absolute atomic E-state index is 14.5. The molecule has 1 aliphatic heterocycles. The van der Waals surface area contributed by atoms with Crippen LogP contribution in [0.25, 0.3) is 10.9 Å². The molecule has 2 heterocycles. The summed E-state index contributed by atoms with van der Waals surface area (Å²) in [5.41, 5.74) is 0.883. The Hall–Kier alpha value is -3.17. The second kappa shape index (κ2) is 11.9. The summed E-state index contributed by atoms with van der Waals surface area (Å²) in [4.78, 5) is 25.3. The van der Waals surface area contributed by atoms with E-state index in [1.807, 2.05) is 26.2 Å². The van der Waals surface area contributed by atoms with Gasteiger partial charge in [0.2, 0.25) is 5.91 Å². The maximum Gasteiger partial charge on any atom is 0.225 e. The molecule has 1 aromatic heterocycles. The highest BCUT2D eigenvalue weighted by atomic mass is 35.5. The number of methoxy groups -OCH3 is 1. The van der Waals surface area contributed by atoms with Crippen molar-refractivity contribution in [2.24, 2.45) is 5.92 Å². The average molecular weight is 556 g/mol. The van der Waals surface area contributed by atoms with Crippen molar-refractivity contribution in [3.8, 4) is 11.5 Å². The lowest BCUT2D eigenvalue weighted by atomic mass is 9.88. The quantitative estimate of drug-likeness (QED) is 0.402. The summed E-state index contributed by atoms with van der Waals surface area (Å²) >= 11 is 5.96. The summed E-state index contributed by atoms with van der Waals surface area (Å²) in [6.45, 7) is 1.95. The van der Waals surface area contributed by atoms with Crippen LogP contribution in [0.5, 0.6) is 11.5 Å². The molecule has 1 N–H and O–H groups in total. The SMILES string of the molecule is COc1cc2ncnc(Nc3cccc(Cl)c3F)c2cc1O[C@H]1CC[C@@H](N2CCC(C(=O)N(C)C)CC2)CC1. The second-order valence-corrected chi connectivity index (χ2v) is 11.0. The zero-order valence-electron chi connectivity index (χ0n) is 22.6. The van der Waals surface area contributed by atoms with Crippen LogP contribution < -0.4 is 14.8 Å². The molecule has 5 rings (SSSR count). The van der Waals surface area contributed by atoms with E-state index in [0.717, 1.165) is 51.6 Å². The van der Waals surface area contributed by atoms with Crippen LogP contribution in [0.1, 0.15) is 38.5 Å². The summed E-state index contributed by atoms with van der Waals surface area (Å²) < 4.78 is 26.6. The van der Waals surface area contributed by atoms with E-state index in [1.165, 1.54) is 12.4 Å². The van der Waals surface area contributed by atoms with E-state index in [0.29, 0.717) is 34.3 Å². The minimum absolute atomic E-state index is 0.0334. The number of nitrogens with one attached hydrogen (secondary N) is 1. The van der Waals surface area contributed by atoms with Crippen LogP contribution in [-0.2, 0) is 4.79 Å². The molecule has 0 radical (unpaired) electrons. The molecule has 1 saturated carbocycles. The first kappa shape index (κ1) is 27.4. The van der Waals surface area contributed by atoms with Crippen LogP contribution in [0.2, 0.25) is 5.02 Å². The smallest absolute Gasteiger partial charge is 0.225 e. The predicted molar refractivity (Wildman–Crippen MR) is 150 cm³/mol. The highest BCUT2D eigenvalue weighted by Gasteiger charge is 2.32. The summed E-state index contributed by atoms with van der Waals surface area (Å²) in [6, 6.07) is 8.98. The number of rotatable bonds is 7. The number of fused-ring (bicyclic) bond motifs is 1. The van der Waals surface area contributed by atoms with E-state index in [1.54, 1.807) is 24.1 Å². The Labute approximate surface area is 233 Å². The van der Waals surface area contributed by atoms with Gasteiger partial charge in [-0.05, 0) is 69.8 Å². The van der Waals surface area contributed by atoms with E-state index >= 15 is 0 Å². The van der Waals surface area contributed by atoms with Crippen molar-refractivity contribution in [3.63, 3.8) is 0 Å². The highest BCUT2D eigenvalue weighted by molar-refractivity contribution is 6.31. The van der Waals surface area contributed by atoms with Crippen LogP contribution >= 0.6 is 11.6 Å². The summed E-state index contributed by atoms with van der Waals surface area (Å²) in [5, 5.41) is 3.77. The van der Waals surface area contributed by atoms with Gasteiger partial charge in [0, 0.05) is 37.5 Å². The Kier molecular flexibility index (Phi) is 8.37. The number of amides is 1. The van der Waals surface area contributed by atoms with Crippen LogP contribution in [-0.4, -0.2) is 72.1 Å². The molecule has 1 amide bonds. The second-order valence-electron chi connectivity index (χ2n) is 10.6. The third kappa shape index (κ3) is 6.04. The molecule has 0 bridgehead atoms. The molecule has 0 unspecified atom stereocenters. The topological polar surface area (TPSA) is 79.8 Å². The number of hydrogen-bond donors (Lipinski definition) is 1. The normalized spacial score (nSPS) is 20.5. The van der Waals surface area contributed by atoms with Crippen molar-refractivity contribution in [1.29, 1.82) is 0 Å². The summed E-state index contributed by atoms with van der Waals surface area (Å²) in [6.07, 6.45) is 7.32. The number of nitrogens with zero attached hydrogens (tertiary/aromatic N) is 4. The third-order valence-electron chi connectivity index (χ3n) is 7.90. The van der Waals surface area contributed by atoms with Gasteiger partial charge in [-0.2, -0.15) is 0 Å². The molecule has 3 aromatic rings. The molecule has 1 saturated heterocycles. The molecule has 8 nitrogen and oxygen atoms in total. The number of benzene rings is 2. The molecule has 2 aliphatic rings. The first-order valence-electron chi connectivity index (χ1n) is 13.5. The highest BCUT2D eigenvalue weighted by Crippen LogP contribution is 2.38. The van der Waals surface area contributed by atoms with Crippen molar-refractivity contribution < 1.29 is 18.7 Å². The van der Waals surface area contributed by atoms with Gasteiger partial charge in [-0.1, -0.05) is 17.7 Å². The number of anilines is 2. The number of carbonyl (C=O) groups is 1. The van der Waals surface area contributed by atoms with Crippen LogP contribution in [0.4, 0.5) is 15.9 Å². The molecule has 0 spiro atoms. The zero-order valence-corrected chi connectivity index (χ0v) is 23.4. The number of likely N-dealkylation sites (tertiary alicyclic amines) is 1. The number of ether oxygens (including phenoxy) is 2. The van der Waals surface area contributed by atoms with E-state index in [2.05, 4.69) is 20.2 Å². The van der Waals surface area contributed by atoms with Crippen molar-refractivity contribution in [1.82, 2.24) is 19.8 Å². The van der Waals surface area contributed by atoms with Gasteiger partial charge in [-0.15, -0.1) is 0 Å². The Morgan fingerprint density at radius 2 is 1.82 bits per heavy atom. The van der Waals surface area contributed by atoms with Crippen LogP contribution in [0.3, 0.4) is 0 Å². The van der Waals surface area contributed by atoms with Crippen molar-refractivity contribution in [2.45, 2.75) is 50.7 Å². The van der Waals surface area contributed by atoms with E-state index < -0.39 is 5.82 Å². The summed E-state index contributed by atoms with van der Waals surface area (Å²) in [5.74, 6) is 1.51. The minimum atomic E-state index is -0.541. The number of aromatic nitrogens is 2. The molecular formula is C29H35ClFN5O3. The van der Waals surface area contributed by atoms with Crippen LogP contribution in [0.15, 0.2) is 36.7 Å². The fraction of sp³-hybridized carbons (Fsp3) is 0.483. The van der Waals surface area contributed by atoms with Gasteiger partial charge in [0.05, 0.1) is 29.4 Å². The van der Waals surface area contributed by atoms with Gasteiger partial charge in [0.15, 0.2) is 17.3 Å². The number of halogens is 2. The maximum atomic E-state index is 14.5. The van der Waals surface area contributed by atoms with Gasteiger partial charge in [-0.25, -0.2) is 14.4 Å². The van der Waals surface area contributed by atoms with Gasteiger partial charge in [0.1, 0.15) is 12.1 Å². The van der Waals surface area contributed by atoms with Gasteiger partial charge >= 0.3 is 0 Å². The zero-order chi connectivity index (χ0) is 27.5. The standard InChI is InChI=1S/C29H35ClFN5O3/c1-35(2)29(37)18-11-13-36(14-12-18)19-7-9-20(10-8-19)39-26-15-21-24(16-25(26)38-3)32-17-33-28(21)34-23-6-4-5-22(30)27(23)31/h4-6,15-20H,7-14H2,1-3H3,(H,32,33,34)/t19-,20+. The molecule has 2 aromatic carbocycles. The fourth-order valence-corrected chi connectivity index (χ4v) is 5.90. The molecule has 0 atom stereocenters. The third-order valence-corrected chi connectivity index (χ3v) is 8.19. The van der Waals surface area contributed by atoms with Crippen molar-refractivity contribution >= 4 is 39.9 Å². The Morgan fingerprint density at radius 1 is 1.08 bits per heavy atom. The predicted octanol–water partition coefficient (Wildman–Crippen LogP) is 5.66. The van der Waals surface area contributed by atoms with Gasteiger partial charge < -0.3 is 24.6 Å². The lowest BCUT2D eigenvalue weighted by Gasteiger charge is -2.40. The molecule has 208 valence electrons. The van der Waals surface area contributed by atoms with Crippen molar-refractivity contribution in [3.05, 3.63) is 47.5 Å².